The second kappa shape index (κ2) is 6.58. The quantitative estimate of drug-likeness (QED) is 0.916. The number of nitrogens with zero attached hydrogens (tertiary/aromatic N) is 1. The van der Waals surface area contributed by atoms with Crippen LogP contribution in [-0.2, 0) is 13.1 Å². The van der Waals surface area contributed by atoms with Gasteiger partial charge >= 0.3 is 0 Å². The molecule has 0 bridgehead atoms. The summed E-state index contributed by atoms with van der Waals surface area (Å²) in [5, 5.41) is 14.6. The molecule has 2 aromatic rings. The van der Waals surface area contributed by atoms with Gasteiger partial charge in [-0.25, -0.2) is 0 Å². The summed E-state index contributed by atoms with van der Waals surface area (Å²) < 4.78 is 5.29. The fraction of sp³-hybridized carbons (Fsp3) is 0.214. The van der Waals surface area contributed by atoms with Crippen molar-refractivity contribution in [1.82, 2.24) is 5.32 Å². The van der Waals surface area contributed by atoms with Crippen LogP contribution in [0.3, 0.4) is 0 Å². The molecule has 0 radical (unpaired) electrons. The van der Waals surface area contributed by atoms with Gasteiger partial charge in [-0.3, -0.25) is 0 Å². The Morgan fingerprint density at radius 2 is 2.26 bits per heavy atom. The summed E-state index contributed by atoms with van der Waals surface area (Å²) in [4.78, 5) is 1.13. The van der Waals surface area contributed by atoms with Gasteiger partial charge in [0.2, 0.25) is 0 Å². The Morgan fingerprint density at radius 1 is 1.42 bits per heavy atom. The first-order valence-electron chi connectivity index (χ1n) is 5.74. The van der Waals surface area contributed by atoms with Gasteiger partial charge in [-0.05, 0) is 18.2 Å². The topological polar surface area (TPSA) is 45.0 Å². The zero-order valence-corrected chi connectivity index (χ0v) is 12.0. The van der Waals surface area contributed by atoms with Crippen molar-refractivity contribution >= 4 is 22.9 Å². The maximum Gasteiger partial charge on any atom is 0.124 e. The molecule has 0 atom stereocenters. The number of halogens is 1. The largest absolute Gasteiger partial charge is 0.496 e. The summed E-state index contributed by atoms with van der Waals surface area (Å²) in [7, 11) is 1.63. The van der Waals surface area contributed by atoms with Crippen LogP contribution in [0, 0.1) is 11.3 Å². The van der Waals surface area contributed by atoms with Crippen LogP contribution in [0.4, 0.5) is 0 Å². The van der Waals surface area contributed by atoms with Crippen LogP contribution in [0.1, 0.15) is 16.0 Å². The number of benzene rings is 1. The van der Waals surface area contributed by atoms with Crippen molar-refractivity contribution in [3.05, 3.63) is 50.7 Å². The van der Waals surface area contributed by atoms with Crippen LogP contribution < -0.4 is 10.1 Å². The van der Waals surface area contributed by atoms with Crippen molar-refractivity contribution < 1.29 is 4.74 Å². The van der Waals surface area contributed by atoms with Crippen molar-refractivity contribution in [3.8, 4) is 11.8 Å². The first-order chi connectivity index (χ1) is 9.24. The summed E-state index contributed by atoms with van der Waals surface area (Å²) in [6.07, 6.45) is 0. The second-order valence-electron chi connectivity index (χ2n) is 3.94. The third-order valence-electron chi connectivity index (χ3n) is 2.68. The number of methoxy groups -OCH3 is 1. The summed E-state index contributed by atoms with van der Waals surface area (Å²) in [6, 6.07) is 9.62. The SMILES string of the molecule is COc1cccc(Cl)c1CNCc1cc(C#N)cs1. The molecule has 0 aliphatic carbocycles. The van der Waals surface area contributed by atoms with Crippen LogP contribution in [0.2, 0.25) is 5.02 Å². The molecule has 19 heavy (non-hydrogen) atoms. The molecule has 0 aliphatic heterocycles. The van der Waals surface area contributed by atoms with E-state index in [1.807, 2.05) is 29.6 Å². The van der Waals surface area contributed by atoms with Crippen molar-refractivity contribution in [1.29, 1.82) is 5.26 Å². The molecule has 0 spiro atoms. The monoisotopic (exact) mass is 292 g/mol. The first kappa shape index (κ1) is 13.9. The Balaban J connectivity index is 1.98. The molecule has 3 nitrogen and oxygen atoms in total. The summed E-state index contributed by atoms with van der Waals surface area (Å²) in [5.41, 5.74) is 1.65. The molecule has 98 valence electrons. The van der Waals surface area contributed by atoms with Gasteiger partial charge in [-0.15, -0.1) is 11.3 Å². The number of hydrogen-bond donors (Lipinski definition) is 1. The van der Waals surface area contributed by atoms with Gasteiger partial charge in [0.1, 0.15) is 11.8 Å². The van der Waals surface area contributed by atoms with Crippen LogP contribution in [0.5, 0.6) is 5.75 Å². The summed E-state index contributed by atoms with van der Waals surface area (Å²) >= 11 is 7.73. The van der Waals surface area contributed by atoms with Gasteiger partial charge in [0.25, 0.3) is 0 Å². The van der Waals surface area contributed by atoms with Gasteiger partial charge in [-0.1, -0.05) is 17.7 Å². The zero-order chi connectivity index (χ0) is 13.7. The predicted molar refractivity (Wildman–Crippen MR) is 77.6 cm³/mol. The van der Waals surface area contributed by atoms with E-state index in [4.69, 9.17) is 21.6 Å². The minimum absolute atomic E-state index is 0.628. The number of nitrogens with one attached hydrogen (secondary N) is 1. The summed E-state index contributed by atoms with van der Waals surface area (Å²) in [5.74, 6) is 0.781. The highest BCUT2D eigenvalue weighted by molar-refractivity contribution is 7.10. The van der Waals surface area contributed by atoms with E-state index >= 15 is 0 Å². The van der Waals surface area contributed by atoms with Crippen LogP contribution in [0.25, 0.3) is 0 Å². The van der Waals surface area contributed by atoms with E-state index in [0.717, 1.165) is 16.2 Å². The maximum absolute atomic E-state index is 8.76. The van der Waals surface area contributed by atoms with Gasteiger partial charge < -0.3 is 10.1 Å². The van der Waals surface area contributed by atoms with Crippen molar-refractivity contribution in [2.45, 2.75) is 13.1 Å². The van der Waals surface area contributed by atoms with Crippen LogP contribution >= 0.6 is 22.9 Å². The van der Waals surface area contributed by atoms with Gasteiger partial charge in [0.15, 0.2) is 0 Å². The van der Waals surface area contributed by atoms with E-state index in [-0.39, 0.29) is 0 Å². The third-order valence-corrected chi connectivity index (χ3v) is 3.97. The molecule has 0 aliphatic rings. The van der Waals surface area contributed by atoms with E-state index in [0.29, 0.717) is 23.7 Å². The molecule has 0 unspecified atom stereocenters. The molecule has 1 N–H and O–H groups in total. The number of rotatable bonds is 5. The molecule has 2 rings (SSSR count). The molecule has 1 heterocycles. The fourth-order valence-electron chi connectivity index (χ4n) is 1.74. The highest BCUT2D eigenvalue weighted by Crippen LogP contribution is 2.26. The lowest BCUT2D eigenvalue weighted by Gasteiger charge is -2.10. The van der Waals surface area contributed by atoms with E-state index in [9.17, 15) is 0 Å². The minimum Gasteiger partial charge on any atom is -0.496 e. The number of nitriles is 1. The summed E-state index contributed by atoms with van der Waals surface area (Å²) in [6.45, 7) is 1.34. The van der Waals surface area contributed by atoms with E-state index < -0.39 is 0 Å². The standard InChI is InChI=1S/C14H13ClN2OS/c1-18-14-4-2-3-13(15)12(14)8-17-7-11-5-10(6-16)9-19-11/h2-5,9,17H,7-8H2,1H3. The normalized spacial score (nSPS) is 10.2. The molecular weight excluding hydrogens is 280 g/mol. The Morgan fingerprint density at radius 3 is 2.95 bits per heavy atom. The second-order valence-corrected chi connectivity index (χ2v) is 5.34. The average Bonchev–Trinajstić information content (AvgIpc) is 2.88. The molecule has 0 saturated heterocycles. The van der Waals surface area contributed by atoms with Crippen molar-refractivity contribution in [3.63, 3.8) is 0 Å². The lowest BCUT2D eigenvalue weighted by Crippen LogP contribution is -2.13. The number of ether oxygens (including phenoxy) is 1. The van der Waals surface area contributed by atoms with Gasteiger partial charge in [0, 0.05) is 33.9 Å². The molecule has 0 fully saturated rings. The van der Waals surface area contributed by atoms with Gasteiger partial charge in [-0.2, -0.15) is 5.26 Å². The molecule has 5 heteroatoms. The Kier molecular flexibility index (Phi) is 4.80. The van der Waals surface area contributed by atoms with E-state index in [1.54, 1.807) is 18.4 Å². The van der Waals surface area contributed by atoms with Crippen molar-refractivity contribution in [2.24, 2.45) is 0 Å². The smallest absolute Gasteiger partial charge is 0.124 e. The van der Waals surface area contributed by atoms with E-state index in [1.165, 1.54) is 0 Å². The Bertz CT molecular complexity index is 604. The highest BCUT2D eigenvalue weighted by atomic mass is 35.5. The lowest BCUT2D eigenvalue weighted by molar-refractivity contribution is 0.408. The number of thiophene rings is 1. The minimum atomic E-state index is 0.628. The first-order valence-corrected chi connectivity index (χ1v) is 7.00. The lowest BCUT2D eigenvalue weighted by atomic mass is 10.2. The van der Waals surface area contributed by atoms with E-state index in [2.05, 4.69) is 11.4 Å². The molecule has 0 saturated carbocycles. The highest BCUT2D eigenvalue weighted by Gasteiger charge is 2.07. The fourth-order valence-corrected chi connectivity index (χ4v) is 2.76. The molecule has 0 amide bonds. The van der Waals surface area contributed by atoms with Gasteiger partial charge in [0.05, 0.1) is 12.7 Å². The Labute approximate surface area is 121 Å². The average molecular weight is 293 g/mol. The molecular formula is C14H13ClN2OS. The third kappa shape index (κ3) is 3.48. The Hall–Kier alpha value is -1.54. The zero-order valence-electron chi connectivity index (χ0n) is 10.4. The molecule has 1 aromatic heterocycles. The maximum atomic E-state index is 8.76. The van der Waals surface area contributed by atoms with Crippen molar-refractivity contribution in [2.75, 3.05) is 7.11 Å². The molecule has 1 aromatic carbocycles. The van der Waals surface area contributed by atoms with Crippen LogP contribution in [0.15, 0.2) is 29.6 Å². The van der Waals surface area contributed by atoms with Crippen LogP contribution in [-0.4, -0.2) is 7.11 Å². The predicted octanol–water partition coefficient (Wildman–Crippen LogP) is 3.57. The number of hydrogen-bond acceptors (Lipinski definition) is 4.